The van der Waals surface area contributed by atoms with E-state index in [-0.39, 0.29) is 11.0 Å². The Morgan fingerprint density at radius 2 is 1.36 bits per heavy atom. The first-order chi connectivity index (χ1) is 17.4. The lowest BCUT2D eigenvalue weighted by Crippen LogP contribution is -2.48. The lowest BCUT2D eigenvalue weighted by Gasteiger charge is -2.12. The van der Waals surface area contributed by atoms with Crippen molar-refractivity contribution in [2.45, 2.75) is 65.2 Å². The van der Waals surface area contributed by atoms with Gasteiger partial charge >= 0.3 is 0 Å². The number of unbranched alkanes of at least 4 members (excludes halogenated alkanes) is 5. The molecular formula is C27H36N4O4S. The summed E-state index contributed by atoms with van der Waals surface area (Å²) >= 11 is 5.10. The van der Waals surface area contributed by atoms with Crippen LogP contribution in [0, 0.1) is 0 Å². The third-order valence-corrected chi connectivity index (χ3v) is 5.54. The Morgan fingerprint density at radius 3 is 2.03 bits per heavy atom. The van der Waals surface area contributed by atoms with Gasteiger partial charge in [0.1, 0.15) is 5.75 Å². The maximum atomic E-state index is 12.4. The first kappa shape index (κ1) is 28.8. The SMILES string of the molecule is CCCCCCCOc1ccc(C(=O)NC(=S)NNC(=O)c2ccc(NC(=O)CCCC)cc2)cc1. The molecule has 4 N–H and O–H groups in total. The van der Waals surface area contributed by atoms with Crippen LogP contribution in [-0.4, -0.2) is 29.4 Å². The zero-order valence-corrected chi connectivity index (χ0v) is 21.8. The Balaban J connectivity index is 1.72. The number of hydrogen-bond acceptors (Lipinski definition) is 5. The van der Waals surface area contributed by atoms with Gasteiger partial charge in [-0.15, -0.1) is 0 Å². The zero-order chi connectivity index (χ0) is 26.2. The summed E-state index contributed by atoms with van der Waals surface area (Å²) in [5, 5.41) is 5.27. The van der Waals surface area contributed by atoms with Crippen LogP contribution in [0.3, 0.4) is 0 Å². The van der Waals surface area contributed by atoms with Crippen LogP contribution in [0.25, 0.3) is 0 Å². The minimum absolute atomic E-state index is 0.0411. The van der Waals surface area contributed by atoms with Gasteiger partial charge in [0.05, 0.1) is 6.61 Å². The summed E-state index contributed by atoms with van der Waals surface area (Å²) in [7, 11) is 0. The second-order valence-electron chi connectivity index (χ2n) is 8.38. The van der Waals surface area contributed by atoms with Crippen molar-refractivity contribution < 1.29 is 19.1 Å². The fraction of sp³-hybridized carbons (Fsp3) is 0.407. The monoisotopic (exact) mass is 512 g/mol. The van der Waals surface area contributed by atoms with Gasteiger partial charge in [0, 0.05) is 23.2 Å². The van der Waals surface area contributed by atoms with Crippen molar-refractivity contribution in [3.63, 3.8) is 0 Å². The molecule has 0 saturated carbocycles. The van der Waals surface area contributed by atoms with Crippen molar-refractivity contribution in [2.75, 3.05) is 11.9 Å². The van der Waals surface area contributed by atoms with Crippen LogP contribution in [-0.2, 0) is 4.79 Å². The molecule has 2 rings (SSSR count). The number of rotatable bonds is 13. The van der Waals surface area contributed by atoms with Crippen LogP contribution in [0.2, 0.25) is 0 Å². The first-order valence-electron chi connectivity index (χ1n) is 12.5. The van der Waals surface area contributed by atoms with Crippen LogP contribution < -0.4 is 26.2 Å². The fourth-order valence-electron chi connectivity index (χ4n) is 3.26. The number of carbonyl (C=O) groups is 3. The second-order valence-corrected chi connectivity index (χ2v) is 8.79. The highest BCUT2D eigenvalue weighted by Gasteiger charge is 2.10. The van der Waals surface area contributed by atoms with E-state index in [9.17, 15) is 14.4 Å². The largest absolute Gasteiger partial charge is 0.494 e. The van der Waals surface area contributed by atoms with Crippen LogP contribution in [0.1, 0.15) is 85.9 Å². The Morgan fingerprint density at radius 1 is 0.750 bits per heavy atom. The Hall–Kier alpha value is -3.46. The normalized spacial score (nSPS) is 10.3. The molecule has 0 bridgehead atoms. The van der Waals surface area contributed by atoms with Gasteiger partial charge in [-0.1, -0.05) is 46.0 Å². The smallest absolute Gasteiger partial charge is 0.269 e. The molecule has 0 unspecified atom stereocenters. The topological polar surface area (TPSA) is 109 Å². The molecule has 0 fully saturated rings. The molecule has 36 heavy (non-hydrogen) atoms. The molecule has 0 spiro atoms. The number of benzene rings is 2. The highest BCUT2D eigenvalue weighted by molar-refractivity contribution is 7.80. The molecule has 3 amide bonds. The minimum atomic E-state index is -0.438. The molecule has 8 nitrogen and oxygen atoms in total. The highest BCUT2D eigenvalue weighted by atomic mass is 32.1. The van der Waals surface area contributed by atoms with E-state index >= 15 is 0 Å². The Kier molecular flexibility index (Phi) is 13.0. The van der Waals surface area contributed by atoms with E-state index in [1.54, 1.807) is 48.5 Å². The summed E-state index contributed by atoms with van der Waals surface area (Å²) in [5.41, 5.74) is 6.36. The molecule has 0 radical (unpaired) electrons. The van der Waals surface area contributed by atoms with Gasteiger partial charge in [0.2, 0.25) is 5.91 Å². The second kappa shape index (κ2) is 16.3. The number of carbonyl (C=O) groups excluding carboxylic acids is 3. The van der Waals surface area contributed by atoms with Gasteiger partial charge in [-0.2, -0.15) is 0 Å². The molecule has 0 saturated heterocycles. The number of anilines is 1. The van der Waals surface area contributed by atoms with Crippen molar-refractivity contribution in [3.8, 4) is 5.75 Å². The predicted molar refractivity (Wildman–Crippen MR) is 146 cm³/mol. The number of hydrazine groups is 1. The average Bonchev–Trinajstić information content (AvgIpc) is 2.88. The van der Waals surface area contributed by atoms with E-state index in [1.807, 2.05) is 6.92 Å². The van der Waals surface area contributed by atoms with Gasteiger partial charge in [-0.05, 0) is 73.6 Å². The summed E-state index contributed by atoms with van der Waals surface area (Å²) in [5.74, 6) is -0.194. The quantitative estimate of drug-likeness (QED) is 0.169. The van der Waals surface area contributed by atoms with Crippen LogP contribution in [0.15, 0.2) is 48.5 Å². The van der Waals surface area contributed by atoms with Gasteiger partial charge in [-0.3, -0.25) is 30.6 Å². The summed E-state index contributed by atoms with van der Waals surface area (Å²) in [6.07, 6.45) is 8.07. The molecule has 194 valence electrons. The van der Waals surface area contributed by atoms with Crippen molar-refractivity contribution in [1.29, 1.82) is 0 Å². The van der Waals surface area contributed by atoms with Crippen molar-refractivity contribution in [1.82, 2.24) is 16.2 Å². The Labute approximate surface area is 218 Å². The molecule has 0 aliphatic carbocycles. The van der Waals surface area contributed by atoms with Crippen molar-refractivity contribution in [3.05, 3.63) is 59.7 Å². The van der Waals surface area contributed by atoms with E-state index < -0.39 is 11.8 Å². The molecule has 0 aliphatic heterocycles. The van der Waals surface area contributed by atoms with E-state index in [2.05, 4.69) is 28.4 Å². The van der Waals surface area contributed by atoms with E-state index in [0.717, 1.165) is 25.7 Å². The highest BCUT2D eigenvalue weighted by Crippen LogP contribution is 2.14. The van der Waals surface area contributed by atoms with E-state index in [1.165, 1.54) is 19.3 Å². The third-order valence-electron chi connectivity index (χ3n) is 5.34. The molecule has 0 heterocycles. The molecule has 0 aromatic heterocycles. The molecule has 2 aromatic carbocycles. The maximum absolute atomic E-state index is 12.4. The molecule has 0 aliphatic rings. The minimum Gasteiger partial charge on any atom is -0.494 e. The van der Waals surface area contributed by atoms with E-state index in [0.29, 0.717) is 35.6 Å². The lowest BCUT2D eigenvalue weighted by molar-refractivity contribution is -0.116. The van der Waals surface area contributed by atoms with Gasteiger partial charge in [-0.25, -0.2) is 0 Å². The van der Waals surface area contributed by atoms with E-state index in [4.69, 9.17) is 17.0 Å². The van der Waals surface area contributed by atoms with Gasteiger partial charge < -0.3 is 10.1 Å². The fourth-order valence-corrected chi connectivity index (χ4v) is 3.40. The van der Waals surface area contributed by atoms with Crippen molar-refractivity contribution in [2.24, 2.45) is 0 Å². The van der Waals surface area contributed by atoms with Gasteiger partial charge in [0.15, 0.2) is 5.11 Å². The number of ether oxygens (including phenoxy) is 1. The number of thiocarbonyl (C=S) groups is 1. The lowest BCUT2D eigenvalue weighted by atomic mass is 10.2. The average molecular weight is 513 g/mol. The van der Waals surface area contributed by atoms with Crippen LogP contribution >= 0.6 is 12.2 Å². The van der Waals surface area contributed by atoms with Crippen molar-refractivity contribution >= 4 is 40.7 Å². The first-order valence-corrected chi connectivity index (χ1v) is 12.9. The predicted octanol–water partition coefficient (Wildman–Crippen LogP) is 5.11. The van der Waals surface area contributed by atoms with Crippen LogP contribution in [0.5, 0.6) is 5.75 Å². The Bertz CT molecular complexity index is 994. The third kappa shape index (κ3) is 10.9. The molecule has 0 atom stereocenters. The summed E-state index contributed by atoms with van der Waals surface area (Å²) in [6.45, 7) is 4.86. The molecule has 2 aromatic rings. The maximum Gasteiger partial charge on any atom is 0.269 e. The number of hydrogen-bond donors (Lipinski definition) is 4. The molecular weight excluding hydrogens is 476 g/mol. The summed E-state index contributed by atoms with van der Waals surface area (Å²) < 4.78 is 5.71. The zero-order valence-electron chi connectivity index (χ0n) is 21.0. The summed E-state index contributed by atoms with van der Waals surface area (Å²) in [6, 6.07) is 13.3. The van der Waals surface area contributed by atoms with Crippen LogP contribution in [0.4, 0.5) is 5.69 Å². The number of amides is 3. The standard InChI is InChI=1S/C27H36N4O4S/c1-3-5-7-8-9-19-35-23-17-13-20(14-18-23)25(33)29-27(36)31-30-26(34)21-11-15-22(16-12-21)28-24(32)10-6-4-2/h11-18H,3-10,19H2,1-2H3,(H,28,32)(H,30,34)(H2,29,31,33,36). The summed E-state index contributed by atoms with van der Waals surface area (Å²) in [4.78, 5) is 36.5. The van der Waals surface area contributed by atoms with Gasteiger partial charge in [0.25, 0.3) is 11.8 Å². The molecule has 9 heteroatoms. The number of nitrogens with one attached hydrogen (secondary N) is 4.